The zero-order valence-electron chi connectivity index (χ0n) is 14.8. The molecule has 1 amide bonds. The van der Waals surface area contributed by atoms with Crippen LogP contribution in [0, 0.1) is 0 Å². The van der Waals surface area contributed by atoms with Crippen LogP contribution in [0.2, 0.25) is 0 Å². The fourth-order valence-corrected chi connectivity index (χ4v) is 4.27. The molecule has 2 aliphatic heterocycles. The van der Waals surface area contributed by atoms with Gasteiger partial charge in [-0.2, -0.15) is 4.98 Å². The molecular weight excluding hydrogens is 342 g/mol. The number of nitrogens with zero attached hydrogens (tertiary/aromatic N) is 4. The molecule has 1 aromatic heterocycles. The second kappa shape index (κ2) is 7.21. The fourth-order valence-electron chi connectivity index (χ4n) is 4.27. The highest BCUT2D eigenvalue weighted by Crippen LogP contribution is 2.38. The van der Waals surface area contributed by atoms with Crippen LogP contribution in [-0.2, 0) is 10.3 Å². The molecule has 0 spiro atoms. The van der Waals surface area contributed by atoms with E-state index in [9.17, 15) is 4.79 Å². The van der Waals surface area contributed by atoms with Crippen LogP contribution in [0.25, 0.3) is 0 Å². The summed E-state index contributed by atoms with van der Waals surface area (Å²) in [6, 6.07) is 0.498. The van der Waals surface area contributed by atoms with Gasteiger partial charge in [-0.3, -0.25) is 9.69 Å². The lowest BCUT2D eigenvalue weighted by molar-refractivity contribution is -0.128. The number of likely N-dealkylation sites (N-methyl/N-ethyl adjacent to an activating group) is 1. The van der Waals surface area contributed by atoms with E-state index in [1.807, 2.05) is 4.90 Å². The monoisotopic (exact) mass is 369 g/mol. The lowest BCUT2D eigenvalue weighted by atomic mass is 9.77. The summed E-state index contributed by atoms with van der Waals surface area (Å²) < 4.78 is 5.45. The molecule has 2 atom stereocenters. The Morgan fingerprint density at radius 3 is 2.84 bits per heavy atom. The Morgan fingerprint density at radius 1 is 1.36 bits per heavy atom. The van der Waals surface area contributed by atoms with Gasteiger partial charge in [0, 0.05) is 25.6 Å². The van der Waals surface area contributed by atoms with Crippen LogP contribution in [0.15, 0.2) is 4.52 Å². The first-order valence-electron chi connectivity index (χ1n) is 9.24. The lowest BCUT2D eigenvalue weighted by Gasteiger charge is -2.34. The average molecular weight is 370 g/mol. The number of likely N-dealkylation sites (tertiary alicyclic amines) is 2. The van der Waals surface area contributed by atoms with Gasteiger partial charge in [0.25, 0.3) is 0 Å². The van der Waals surface area contributed by atoms with Crippen molar-refractivity contribution in [3.63, 3.8) is 0 Å². The van der Waals surface area contributed by atoms with Gasteiger partial charge in [-0.15, -0.1) is 12.4 Å². The van der Waals surface area contributed by atoms with Crippen LogP contribution in [0.5, 0.6) is 0 Å². The Kier molecular flexibility index (Phi) is 5.37. The predicted molar refractivity (Wildman–Crippen MR) is 95.5 cm³/mol. The van der Waals surface area contributed by atoms with Gasteiger partial charge in [0.2, 0.25) is 11.8 Å². The summed E-state index contributed by atoms with van der Waals surface area (Å²) in [5, 5.41) is 4.08. The normalized spacial score (nSPS) is 28.9. The number of carbonyl (C=O) groups excluding carboxylic acids is 1. The highest BCUT2D eigenvalue weighted by molar-refractivity contribution is 5.85. The standard InChI is InChI=1S/C17H27N5O2.ClH/c1-2-21-8-3-5-13(21)11-22-10-12(9-14(22)23)15-19-16(20-24-15)17(18)6-4-7-17;/h12-13H,2-11,18H2,1H3;1H. The van der Waals surface area contributed by atoms with Crippen LogP contribution in [0.3, 0.4) is 0 Å². The van der Waals surface area contributed by atoms with Gasteiger partial charge in [0.05, 0.1) is 11.5 Å². The summed E-state index contributed by atoms with van der Waals surface area (Å²) >= 11 is 0. The molecule has 1 aliphatic carbocycles. The maximum Gasteiger partial charge on any atom is 0.232 e. The topological polar surface area (TPSA) is 88.5 Å². The van der Waals surface area contributed by atoms with E-state index in [0.717, 1.165) is 38.9 Å². The van der Waals surface area contributed by atoms with Crippen molar-refractivity contribution < 1.29 is 9.32 Å². The minimum Gasteiger partial charge on any atom is -0.340 e. The Hall–Kier alpha value is -1.18. The molecular formula is C17H28ClN5O2. The smallest absolute Gasteiger partial charge is 0.232 e. The lowest BCUT2D eigenvalue weighted by Crippen LogP contribution is -2.44. The minimum absolute atomic E-state index is 0. The predicted octanol–water partition coefficient (Wildman–Crippen LogP) is 1.63. The van der Waals surface area contributed by atoms with Crippen molar-refractivity contribution in [3.8, 4) is 0 Å². The molecule has 0 aromatic carbocycles. The molecule has 2 N–H and O–H groups in total. The molecule has 8 heteroatoms. The van der Waals surface area contributed by atoms with Crippen molar-refractivity contribution in [1.29, 1.82) is 0 Å². The highest BCUT2D eigenvalue weighted by Gasteiger charge is 2.41. The van der Waals surface area contributed by atoms with Crippen molar-refractivity contribution >= 4 is 18.3 Å². The zero-order chi connectivity index (χ0) is 16.7. The minimum atomic E-state index is -0.407. The SMILES string of the molecule is CCN1CCCC1CN1CC(c2nc(C3(N)CCC3)no2)CC1=O.Cl. The van der Waals surface area contributed by atoms with E-state index in [1.165, 1.54) is 12.8 Å². The van der Waals surface area contributed by atoms with Crippen molar-refractivity contribution in [1.82, 2.24) is 19.9 Å². The molecule has 25 heavy (non-hydrogen) atoms. The third kappa shape index (κ3) is 3.41. The van der Waals surface area contributed by atoms with Gasteiger partial charge in [0.15, 0.2) is 5.82 Å². The molecule has 0 bridgehead atoms. The number of hydrogen-bond donors (Lipinski definition) is 1. The third-order valence-electron chi connectivity index (χ3n) is 6.03. The number of aromatic nitrogens is 2. The van der Waals surface area contributed by atoms with Crippen LogP contribution in [0.1, 0.15) is 63.1 Å². The maximum absolute atomic E-state index is 12.4. The second-order valence-electron chi connectivity index (χ2n) is 7.59. The summed E-state index contributed by atoms with van der Waals surface area (Å²) in [4.78, 5) is 21.4. The largest absolute Gasteiger partial charge is 0.340 e. The van der Waals surface area contributed by atoms with E-state index >= 15 is 0 Å². The number of rotatable bonds is 5. The van der Waals surface area contributed by atoms with Crippen molar-refractivity contribution in [2.45, 2.75) is 62.9 Å². The number of hydrogen-bond acceptors (Lipinski definition) is 6. The molecule has 2 unspecified atom stereocenters. The fraction of sp³-hybridized carbons (Fsp3) is 0.824. The first-order valence-corrected chi connectivity index (χ1v) is 9.24. The summed E-state index contributed by atoms with van der Waals surface area (Å²) in [7, 11) is 0. The van der Waals surface area contributed by atoms with E-state index < -0.39 is 5.54 Å². The van der Waals surface area contributed by atoms with E-state index in [2.05, 4.69) is 22.0 Å². The average Bonchev–Trinajstić information content (AvgIpc) is 3.25. The number of amides is 1. The van der Waals surface area contributed by atoms with Crippen LogP contribution >= 0.6 is 12.4 Å². The molecule has 140 valence electrons. The van der Waals surface area contributed by atoms with E-state index in [4.69, 9.17) is 10.3 Å². The Balaban J connectivity index is 0.00000182. The number of nitrogens with two attached hydrogens (primary N) is 1. The summed E-state index contributed by atoms with van der Waals surface area (Å²) in [5.41, 5.74) is 5.86. The Bertz CT molecular complexity index is 618. The van der Waals surface area contributed by atoms with Gasteiger partial charge in [-0.1, -0.05) is 12.1 Å². The molecule has 3 heterocycles. The maximum atomic E-state index is 12.4. The highest BCUT2D eigenvalue weighted by atomic mass is 35.5. The van der Waals surface area contributed by atoms with Crippen molar-refractivity contribution in [2.24, 2.45) is 5.73 Å². The summed E-state index contributed by atoms with van der Waals surface area (Å²) in [5.74, 6) is 1.41. The van der Waals surface area contributed by atoms with Gasteiger partial charge in [-0.05, 0) is 45.2 Å². The zero-order valence-corrected chi connectivity index (χ0v) is 15.6. The second-order valence-corrected chi connectivity index (χ2v) is 7.59. The first kappa shape index (κ1) is 18.6. The van der Waals surface area contributed by atoms with Gasteiger partial charge in [-0.25, -0.2) is 0 Å². The summed E-state index contributed by atoms with van der Waals surface area (Å²) in [6.45, 7) is 5.91. The van der Waals surface area contributed by atoms with Crippen LogP contribution in [-0.4, -0.2) is 58.1 Å². The molecule has 1 aromatic rings. The van der Waals surface area contributed by atoms with Crippen molar-refractivity contribution in [2.75, 3.05) is 26.2 Å². The van der Waals surface area contributed by atoms with Crippen LogP contribution < -0.4 is 5.73 Å². The third-order valence-corrected chi connectivity index (χ3v) is 6.03. The van der Waals surface area contributed by atoms with Gasteiger partial charge >= 0.3 is 0 Å². The Morgan fingerprint density at radius 2 is 2.16 bits per heavy atom. The molecule has 4 rings (SSSR count). The molecule has 3 fully saturated rings. The summed E-state index contributed by atoms with van der Waals surface area (Å²) in [6.07, 6.45) is 5.83. The Labute approximate surface area is 154 Å². The first-order chi connectivity index (χ1) is 11.6. The van der Waals surface area contributed by atoms with E-state index in [0.29, 0.717) is 30.7 Å². The van der Waals surface area contributed by atoms with Crippen LogP contribution in [0.4, 0.5) is 0 Å². The molecule has 0 radical (unpaired) electrons. The molecule has 3 aliphatic rings. The van der Waals surface area contributed by atoms with Gasteiger partial charge < -0.3 is 15.2 Å². The van der Waals surface area contributed by atoms with E-state index in [-0.39, 0.29) is 24.2 Å². The molecule has 7 nitrogen and oxygen atoms in total. The molecule has 2 saturated heterocycles. The molecule has 1 saturated carbocycles. The van der Waals surface area contributed by atoms with Crippen molar-refractivity contribution in [3.05, 3.63) is 11.7 Å². The number of carbonyl (C=O) groups is 1. The quantitative estimate of drug-likeness (QED) is 0.848. The van der Waals surface area contributed by atoms with E-state index in [1.54, 1.807) is 0 Å². The van der Waals surface area contributed by atoms with Gasteiger partial charge in [0.1, 0.15) is 0 Å². The number of halogens is 1.